The van der Waals surface area contributed by atoms with Crippen LogP contribution in [0.5, 0.6) is 0 Å². The fourth-order valence-electron chi connectivity index (χ4n) is 3.13. The van der Waals surface area contributed by atoms with Crippen LogP contribution in [0.15, 0.2) is 24.3 Å². The van der Waals surface area contributed by atoms with Gasteiger partial charge >= 0.3 is 10.3 Å². The molecule has 1 spiro atoms. The maximum absolute atomic E-state index is 10.9. The summed E-state index contributed by atoms with van der Waals surface area (Å²) >= 11 is 6.23. The molecule has 2 fully saturated rings. The van der Waals surface area contributed by atoms with Gasteiger partial charge < -0.3 is 9.47 Å². The Morgan fingerprint density at radius 2 is 1.95 bits per heavy atom. The van der Waals surface area contributed by atoms with E-state index in [-0.39, 0.29) is 6.54 Å². The number of rotatable bonds is 4. The van der Waals surface area contributed by atoms with Gasteiger partial charge in [0, 0.05) is 30.0 Å². The topological polar surface area (TPSA) is 84.9 Å². The van der Waals surface area contributed by atoms with Gasteiger partial charge in [-0.15, -0.1) is 0 Å². The summed E-state index contributed by atoms with van der Waals surface area (Å²) in [6, 6.07) is 7.26. The molecule has 0 radical (unpaired) electrons. The second kappa shape index (κ2) is 6.07. The zero-order valence-electron chi connectivity index (χ0n) is 11.9. The van der Waals surface area contributed by atoms with Gasteiger partial charge in [0.1, 0.15) is 12.2 Å². The molecule has 8 heteroatoms. The van der Waals surface area contributed by atoms with E-state index in [4.69, 9.17) is 25.6 Å². The summed E-state index contributed by atoms with van der Waals surface area (Å²) in [4.78, 5) is 0. The molecular weight excluding hydrogens is 330 g/mol. The summed E-state index contributed by atoms with van der Waals surface area (Å²) in [6.45, 7) is -0.0729. The number of hydrogen-bond acceptors (Lipinski definition) is 4. The minimum atomic E-state index is -4.28. The lowest BCUT2D eigenvalue weighted by molar-refractivity contribution is -0.169. The minimum Gasteiger partial charge on any atom is -0.342 e. The maximum atomic E-state index is 10.9. The van der Waals surface area contributed by atoms with Crippen LogP contribution in [0.4, 0.5) is 0 Å². The molecule has 122 valence electrons. The highest BCUT2D eigenvalue weighted by Gasteiger charge is 2.50. The monoisotopic (exact) mass is 347 g/mol. The largest absolute Gasteiger partial charge is 0.342 e. The van der Waals surface area contributed by atoms with Gasteiger partial charge in [0.15, 0.2) is 5.79 Å². The Bertz CT molecular complexity index is 644. The van der Waals surface area contributed by atoms with Crippen LogP contribution in [0, 0.1) is 0 Å². The van der Waals surface area contributed by atoms with Crippen molar-refractivity contribution < 1.29 is 22.4 Å². The third-order valence-corrected chi connectivity index (χ3v) is 4.97. The summed E-state index contributed by atoms with van der Waals surface area (Å²) in [6.07, 6.45) is 2.55. The van der Waals surface area contributed by atoms with Crippen molar-refractivity contribution in [1.82, 2.24) is 4.72 Å². The summed E-state index contributed by atoms with van der Waals surface area (Å²) in [5.41, 5.74) is 0.759. The maximum Gasteiger partial charge on any atom is 0.333 e. The molecule has 22 heavy (non-hydrogen) atoms. The van der Waals surface area contributed by atoms with Crippen LogP contribution in [0.1, 0.15) is 37.4 Å². The van der Waals surface area contributed by atoms with Crippen molar-refractivity contribution >= 4 is 21.9 Å². The Hall–Kier alpha value is -0.700. The fraction of sp³-hybridized carbons (Fsp3) is 0.571. The highest BCUT2D eigenvalue weighted by molar-refractivity contribution is 7.83. The third kappa shape index (κ3) is 3.45. The van der Waals surface area contributed by atoms with Crippen molar-refractivity contribution in [1.29, 1.82) is 0 Å². The first-order valence-corrected chi connectivity index (χ1v) is 9.02. The standard InChI is InChI=1S/C14H18ClNO5S/c15-11-6-2-1-5-10(11)13-12(9-16-22(17,18)19)20-14(21-13)7-3-4-8-14/h1-2,5-6,12-13,16H,3-4,7-9H2,(H,17,18,19)/t12-,13-/m0/s1. The van der Waals surface area contributed by atoms with E-state index >= 15 is 0 Å². The quantitative estimate of drug-likeness (QED) is 0.817. The van der Waals surface area contributed by atoms with E-state index in [9.17, 15) is 8.42 Å². The number of hydrogen-bond donors (Lipinski definition) is 2. The SMILES string of the molecule is O=S(=O)(O)NC[C@@H]1OC2(CCCC2)O[C@H]1c1ccccc1Cl. The van der Waals surface area contributed by atoms with Crippen molar-refractivity contribution in [3.63, 3.8) is 0 Å². The van der Waals surface area contributed by atoms with Gasteiger partial charge in [-0.2, -0.15) is 13.1 Å². The van der Waals surface area contributed by atoms with Gasteiger partial charge in [0.05, 0.1) is 0 Å². The number of nitrogens with one attached hydrogen (secondary N) is 1. The van der Waals surface area contributed by atoms with Crippen LogP contribution < -0.4 is 4.72 Å². The molecule has 6 nitrogen and oxygen atoms in total. The molecule has 1 heterocycles. The van der Waals surface area contributed by atoms with Crippen LogP contribution in [-0.4, -0.2) is 31.4 Å². The lowest BCUT2D eigenvalue weighted by Crippen LogP contribution is -2.35. The van der Waals surface area contributed by atoms with Crippen molar-refractivity contribution in [3.8, 4) is 0 Å². The lowest BCUT2D eigenvalue weighted by atomic mass is 10.0. The molecule has 1 aromatic carbocycles. The minimum absolute atomic E-state index is 0.0729. The van der Waals surface area contributed by atoms with Crippen molar-refractivity contribution in [2.45, 2.75) is 43.7 Å². The summed E-state index contributed by atoms with van der Waals surface area (Å²) in [5, 5.41) is 0.544. The molecule has 1 aromatic rings. The van der Waals surface area contributed by atoms with Gasteiger partial charge in [-0.05, 0) is 18.9 Å². The predicted molar refractivity (Wildman–Crippen MR) is 80.9 cm³/mol. The zero-order valence-corrected chi connectivity index (χ0v) is 13.4. The molecule has 0 bridgehead atoms. The van der Waals surface area contributed by atoms with Crippen LogP contribution in [-0.2, 0) is 19.8 Å². The Balaban J connectivity index is 1.85. The average molecular weight is 348 g/mol. The van der Waals surface area contributed by atoms with E-state index in [1.165, 1.54) is 0 Å². The highest BCUT2D eigenvalue weighted by Crippen LogP contribution is 2.48. The third-order valence-electron chi connectivity index (χ3n) is 4.09. The lowest BCUT2D eigenvalue weighted by Gasteiger charge is -2.22. The molecule has 0 amide bonds. The van der Waals surface area contributed by atoms with Gasteiger partial charge in [-0.1, -0.05) is 29.8 Å². The van der Waals surface area contributed by atoms with Crippen LogP contribution in [0.3, 0.4) is 0 Å². The number of benzene rings is 1. The Labute approximate surface area is 134 Å². The molecule has 1 aliphatic heterocycles. The summed E-state index contributed by atoms with van der Waals surface area (Å²) in [7, 11) is -4.28. The van der Waals surface area contributed by atoms with Crippen LogP contribution in [0.25, 0.3) is 0 Å². The van der Waals surface area contributed by atoms with Crippen molar-refractivity contribution in [2.75, 3.05) is 6.54 Å². The normalized spacial score (nSPS) is 27.5. The first-order chi connectivity index (χ1) is 10.4. The van der Waals surface area contributed by atoms with E-state index in [0.29, 0.717) is 5.02 Å². The van der Waals surface area contributed by atoms with Crippen molar-refractivity contribution in [3.05, 3.63) is 34.9 Å². The van der Waals surface area contributed by atoms with Gasteiger partial charge in [-0.3, -0.25) is 4.55 Å². The van der Waals surface area contributed by atoms with E-state index in [1.807, 2.05) is 18.2 Å². The smallest absolute Gasteiger partial charge is 0.333 e. The molecule has 1 saturated carbocycles. The summed E-state index contributed by atoms with van der Waals surface area (Å²) < 4.78 is 45.0. The van der Waals surface area contributed by atoms with Gasteiger partial charge in [-0.25, -0.2) is 0 Å². The predicted octanol–water partition coefficient (Wildman–Crippen LogP) is 2.46. The average Bonchev–Trinajstić information content (AvgIpc) is 3.04. The van der Waals surface area contributed by atoms with E-state index in [2.05, 4.69) is 4.72 Å². The summed E-state index contributed by atoms with van der Waals surface area (Å²) in [5.74, 6) is -0.671. The van der Waals surface area contributed by atoms with Crippen molar-refractivity contribution in [2.24, 2.45) is 0 Å². The molecule has 3 rings (SSSR count). The highest BCUT2D eigenvalue weighted by atomic mass is 35.5. The Morgan fingerprint density at radius 1 is 1.27 bits per heavy atom. The first kappa shape index (κ1) is 16.2. The Kier molecular flexibility index (Phi) is 4.46. The van der Waals surface area contributed by atoms with E-state index in [0.717, 1.165) is 31.2 Å². The molecule has 2 N–H and O–H groups in total. The molecule has 2 aliphatic rings. The Morgan fingerprint density at radius 3 is 2.59 bits per heavy atom. The molecule has 0 aromatic heterocycles. The molecular formula is C14H18ClNO5S. The first-order valence-electron chi connectivity index (χ1n) is 7.21. The molecule has 1 aliphatic carbocycles. The molecule has 1 saturated heterocycles. The second-order valence-electron chi connectivity index (χ2n) is 5.66. The number of halogens is 1. The van der Waals surface area contributed by atoms with Crippen LogP contribution >= 0.6 is 11.6 Å². The van der Waals surface area contributed by atoms with Gasteiger partial charge in [0.25, 0.3) is 0 Å². The fourth-order valence-corrected chi connectivity index (χ4v) is 3.75. The van der Waals surface area contributed by atoms with E-state index in [1.54, 1.807) is 6.07 Å². The van der Waals surface area contributed by atoms with Crippen LogP contribution in [0.2, 0.25) is 5.02 Å². The zero-order chi connectivity index (χ0) is 15.8. The molecule has 0 unspecified atom stereocenters. The second-order valence-corrected chi connectivity index (χ2v) is 7.30. The number of ether oxygens (including phenoxy) is 2. The molecule has 2 atom stereocenters. The van der Waals surface area contributed by atoms with E-state index < -0.39 is 28.3 Å². The van der Waals surface area contributed by atoms with Gasteiger partial charge in [0.2, 0.25) is 0 Å².